The summed E-state index contributed by atoms with van der Waals surface area (Å²) in [5.41, 5.74) is -0.0372. The zero-order chi connectivity index (χ0) is 9.14. The Morgan fingerprint density at radius 2 is 1.33 bits per heavy atom. The summed E-state index contributed by atoms with van der Waals surface area (Å²) in [6.45, 7) is 0. The number of aromatic carboxylic acids is 2. The van der Waals surface area contributed by atoms with Crippen LogP contribution in [0, 0.1) is 0 Å². The Morgan fingerprint density at radius 1 is 1.00 bits per heavy atom. The molecular formula is C8H12NaO5P. The molecule has 0 spiro atoms. The molecule has 1 aromatic carbocycles. The average Bonchev–Trinajstić information content (AvgIpc) is 2.04. The van der Waals surface area contributed by atoms with Gasteiger partial charge in [0.1, 0.15) is 0 Å². The number of benzene rings is 1. The Kier molecular flexibility index (Phi) is 11.8. The molecular weight excluding hydrogens is 230 g/mol. The summed E-state index contributed by atoms with van der Waals surface area (Å²) >= 11 is 0. The van der Waals surface area contributed by atoms with Gasteiger partial charge in [-0.2, -0.15) is 9.90 Å². The molecule has 0 bridgehead atoms. The minimum atomic E-state index is -1.13. The molecule has 1 atom stereocenters. The zero-order valence-electron chi connectivity index (χ0n) is 7.23. The molecule has 1 aromatic rings. The molecule has 7 heteroatoms. The number of hydrogen-bond donors (Lipinski definition) is 2. The van der Waals surface area contributed by atoms with Gasteiger partial charge in [-0.15, -0.1) is 0 Å². The maximum atomic E-state index is 10.4. The Labute approximate surface area is 112 Å². The molecule has 0 radical (unpaired) electrons. The van der Waals surface area contributed by atoms with Gasteiger partial charge in [-0.05, 0) is 18.2 Å². The summed E-state index contributed by atoms with van der Waals surface area (Å²) in [7, 11) is 0. The third-order valence-electron chi connectivity index (χ3n) is 1.36. The predicted molar refractivity (Wildman–Crippen MR) is 62.2 cm³/mol. The van der Waals surface area contributed by atoms with Crippen molar-refractivity contribution in [1.29, 1.82) is 0 Å². The fraction of sp³-hybridized carbons (Fsp3) is 0. The average molecular weight is 242 g/mol. The van der Waals surface area contributed by atoms with E-state index in [0.717, 1.165) is 6.07 Å². The molecule has 1 unspecified atom stereocenters. The SMILES string of the molecule is O.O=C(O)c1cccc(C(=O)O)c1.P.[NaH]. The van der Waals surface area contributed by atoms with Gasteiger partial charge in [0.15, 0.2) is 0 Å². The summed E-state index contributed by atoms with van der Waals surface area (Å²) in [4.78, 5) is 20.8. The van der Waals surface area contributed by atoms with Crippen LogP contribution in [0.1, 0.15) is 20.7 Å². The van der Waals surface area contributed by atoms with E-state index in [1.165, 1.54) is 18.2 Å². The normalized spacial score (nSPS) is 7.47. The van der Waals surface area contributed by atoms with E-state index in [4.69, 9.17) is 10.2 Å². The molecule has 80 valence electrons. The molecule has 0 amide bonds. The van der Waals surface area contributed by atoms with Gasteiger partial charge in [0, 0.05) is 0 Å². The quantitative estimate of drug-likeness (QED) is 0.546. The predicted octanol–water partition coefficient (Wildman–Crippen LogP) is -0.332. The minimum absolute atomic E-state index is 0. The van der Waals surface area contributed by atoms with E-state index in [-0.39, 0.29) is 56.1 Å². The van der Waals surface area contributed by atoms with E-state index in [9.17, 15) is 9.59 Å². The van der Waals surface area contributed by atoms with Crippen LogP contribution in [0.2, 0.25) is 0 Å². The molecule has 15 heavy (non-hydrogen) atoms. The molecule has 0 aliphatic carbocycles. The van der Waals surface area contributed by atoms with E-state index >= 15 is 0 Å². The number of carboxylic acids is 2. The van der Waals surface area contributed by atoms with Crippen molar-refractivity contribution in [2.45, 2.75) is 0 Å². The topological polar surface area (TPSA) is 106 Å². The Morgan fingerprint density at radius 3 is 1.60 bits per heavy atom. The maximum absolute atomic E-state index is 10.4. The third kappa shape index (κ3) is 5.87. The second kappa shape index (κ2) is 8.83. The fourth-order valence-electron chi connectivity index (χ4n) is 0.785. The molecule has 0 aliphatic rings. The van der Waals surface area contributed by atoms with E-state index in [1.807, 2.05) is 0 Å². The molecule has 0 heterocycles. The first-order chi connectivity index (χ1) is 5.61. The Balaban J connectivity index is -0.000000480. The summed E-state index contributed by atoms with van der Waals surface area (Å²) in [5.74, 6) is -2.25. The van der Waals surface area contributed by atoms with E-state index in [1.54, 1.807) is 0 Å². The van der Waals surface area contributed by atoms with Crippen LogP contribution in [-0.4, -0.2) is 57.2 Å². The first kappa shape index (κ1) is 20.0. The van der Waals surface area contributed by atoms with Gasteiger partial charge in [-0.3, -0.25) is 0 Å². The van der Waals surface area contributed by atoms with Gasteiger partial charge in [0.2, 0.25) is 0 Å². The molecule has 1 rings (SSSR count). The zero-order valence-corrected chi connectivity index (χ0v) is 8.64. The van der Waals surface area contributed by atoms with Crippen molar-refractivity contribution >= 4 is 51.4 Å². The molecule has 0 aromatic heterocycles. The molecule has 0 saturated carbocycles. The fourth-order valence-corrected chi connectivity index (χ4v) is 0.785. The van der Waals surface area contributed by atoms with E-state index in [0.29, 0.717) is 0 Å². The van der Waals surface area contributed by atoms with Crippen LogP contribution in [0.15, 0.2) is 24.3 Å². The standard InChI is InChI=1S/C8H6O4.Na.H2O.H3P.H/c9-7(10)5-2-1-3-6(4-5)8(11)12;;;;/h1-4H,(H,9,10)(H,11,12);;1H2;1H3;. The van der Waals surface area contributed by atoms with Crippen LogP contribution in [-0.2, 0) is 0 Å². The van der Waals surface area contributed by atoms with E-state index in [2.05, 4.69) is 0 Å². The Hall–Kier alpha value is -0.450. The molecule has 0 fully saturated rings. The summed E-state index contributed by atoms with van der Waals surface area (Å²) < 4.78 is 0. The molecule has 5 nitrogen and oxygen atoms in total. The van der Waals surface area contributed by atoms with Gasteiger partial charge < -0.3 is 15.7 Å². The number of carboxylic acid groups (broad SMARTS) is 2. The third-order valence-corrected chi connectivity index (χ3v) is 1.36. The summed E-state index contributed by atoms with van der Waals surface area (Å²) in [6.07, 6.45) is 0. The van der Waals surface area contributed by atoms with Crippen molar-refractivity contribution < 1.29 is 25.3 Å². The second-order valence-electron chi connectivity index (χ2n) is 2.19. The van der Waals surface area contributed by atoms with Crippen LogP contribution in [0.4, 0.5) is 0 Å². The van der Waals surface area contributed by atoms with Crippen molar-refractivity contribution in [3.63, 3.8) is 0 Å². The monoisotopic (exact) mass is 242 g/mol. The van der Waals surface area contributed by atoms with Gasteiger partial charge >= 0.3 is 41.5 Å². The van der Waals surface area contributed by atoms with Crippen molar-refractivity contribution in [3.05, 3.63) is 35.4 Å². The molecule has 0 aliphatic heterocycles. The number of hydrogen-bond acceptors (Lipinski definition) is 2. The van der Waals surface area contributed by atoms with Gasteiger partial charge in [0.25, 0.3) is 0 Å². The summed E-state index contributed by atoms with van der Waals surface area (Å²) in [6, 6.07) is 5.20. The number of rotatable bonds is 2. The van der Waals surface area contributed by atoms with Gasteiger partial charge in [0.05, 0.1) is 11.1 Å². The van der Waals surface area contributed by atoms with Gasteiger partial charge in [-0.25, -0.2) is 9.59 Å². The van der Waals surface area contributed by atoms with Gasteiger partial charge in [-0.1, -0.05) is 6.07 Å². The van der Waals surface area contributed by atoms with Crippen LogP contribution >= 0.6 is 9.90 Å². The van der Waals surface area contributed by atoms with Crippen molar-refractivity contribution in [2.24, 2.45) is 0 Å². The molecule has 0 saturated heterocycles. The van der Waals surface area contributed by atoms with Crippen LogP contribution in [0.3, 0.4) is 0 Å². The second-order valence-corrected chi connectivity index (χ2v) is 2.19. The summed E-state index contributed by atoms with van der Waals surface area (Å²) in [5, 5.41) is 17.0. The van der Waals surface area contributed by atoms with E-state index < -0.39 is 11.9 Å². The van der Waals surface area contributed by atoms with Crippen LogP contribution in [0.5, 0.6) is 0 Å². The first-order valence-electron chi connectivity index (χ1n) is 3.18. The Bertz CT molecular complexity index is 312. The van der Waals surface area contributed by atoms with Crippen LogP contribution in [0.25, 0.3) is 0 Å². The van der Waals surface area contributed by atoms with Crippen LogP contribution < -0.4 is 0 Å². The van der Waals surface area contributed by atoms with Crippen molar-refractivity contribution in [2.75, 3.05) is 0 Å². The van der Waals surface area contributed by atoms with Crippen molar-refractivity contribution in [1.82, 2.24) is 0 Å². The number of carbonyl (C=O) groups is 2. The first-order valence-corrected chi connectivity index (χ1v) is 3.18. The molecule has 4 N–H and O–H groups in total. The van der Waals surface area contributed by atoms with Crippen molar-refractivity contribution in [3.8, 4) is 0 Å².